The van der Waals surface area contributed by atoms with E-state index in [-0.39, 0.29) is 43.2 Å². The number of benzene rings is 1. The van der Waals surface area contributed by atoms with Gasteiger partial charge in [0, 0.05) is 51.7 Å². The number of rotatable bonds is 5. The molecule has 3 fully saturated rings. The van der Waals surface area contributed by atoms with E-state index in [1.54, 1.807) is 11.6 Å². The van der Waals surface area contributed by atoms with Crippen LogP contribution in [0.2, 0.25) is 0 Å². The van der Waals surface area contributed by atoms with Gasteiger partial charge in [-0.2, -0.15) is 4.31 Å². The van der Waals surface area contributed by atoms with E-state index >= 15 is 0 Å². The molecule has 0 saturated carbocycles. The third kappa shape index (κ3) is 5.83. The Morgan fingerprint density at radius 2 is 1.86 bits per heavy atom. The Labute approximate surface area is 217 Å². The number of piperazine rings is 1. The summed E-state index contributed by atoms with van der Waals surface area (Å²) in [4.78, 5) is 21.3. The van der Waals surface area contributed by atoms with Crippen LogP contribution in [0.25, 0.3) is 0 Å². The number of aryl methyl sites for hydroxylation is 1. The molecule has 0 bridgehead atoms. The Bertz CT molecular complexity index is 1170. The Kier molecular flexibility index (Phi) is 7.82. The number of fused-ring (bicyclic) bond motifs is 1. The second-order valence-electron chi connectivity index (χ2n) is 9.99. The molecule has 4 atom stereocenters. The minimum absolute atomic E-state index is 0.0100. The summed E-state index contributed by atoms with van der Waals surface area (Å²) in [6.07, 6.45) is 2.40. The molecule has 1 N–H and O–H groups in total. The highest BCUT2D eigenvalue weighted by molar-refractivity contribution is 7.89. The molecule has 12 heteroatoms. The number of aromatic nitrogens is 2. The molecule has 1 aromatic carbocycles. The monoisotopic (exact) mass is 533 g/mol. The molecule has 1 amide bonds. The fraction of sp³-hybridized carbons (Fsp3) is 0.600. The maximum atomic E-state index is 13.4. The van der Waals surface area contributed by atoms with E-state index in [0.717, 1.165) is 18.8 Å². The summed E-state index contributed by atoms with van der Waals surface area (Å²) in [6.45, 7) is 2.93. The van der Waals surface area contributed by atoms with Gasteiger partial charge in [-0.3, -0.25) is 4.79 Å². The number of β-amino-alcohol motifs (C(OH)–C–C–N with tert-alkyl or cyclic N) is 1. The van der Waals surface area contributed by atoms with E-state index in [1.807, 2.05) is 23.1 Å². The van der Waals surface area contributed by atoms with E-state index < -0.39 is 28.3 Å². The zero-order chi connectivity index (χ0) is 26.0. The van der Waals surface area contributed by atoms with E-state index in [2.05, 4.69) is 22.0 Å². The first-order valence-corrected chi connectivity index (χ1v) is 14.2. The molecule has 11 nitrogen and oxygen atoms in total. The van der Waals surface area contributed by atoms with Crippen molar-refractivity contribution in [3.8, 4) is 0 Å². The summed E-state index contributed by atoms with van der Waals surface area (Å²) < 4.78 is 41.7. The molecule has 3 aliphatic rings. The zero-order valence-corrected chi connectivity index (χ0v) is 21.9. The summed E-state index contributed by atoms with van der Waals surface area (Å²) >= 11 is 0. The summed E-state index contributed by atoms with van der Waals surface area (Å²) in [7, 11) is -2.24. The molecule has 0 aliphatic carbocycles. The van der Waals surface area contributed by atoms with Crippen molar-refractivity contribution in [1.29, 1.82) is 0 Å². The first kappa shape index (κ1) is 26.1. The second-order valence-corrected chi connectivity index (χ2v) is 11.8. The molecule has 37 heavy (non-hydrogen) atoms. The molecule has 2 aromatic rings. The predicted molar refractivity (Wildman–Crippen MR) is 135 cm³/mol. The van der Waals surface area contributed by atoms with Crippen LogP contribution < -0.4 is 4.90 Å². The van der Waals surface area contributed by atoms with E-state index in [9.17, 15) is 18.3 Å². The maximum absolute atomic E-state index is 13.4. The number of carbonyl (C=O) groups is 1. The molecule has 0 radical (unpaired) electrons. The topological polar surface area (TPSA) is 117 Å². The van der Waals surface area contributed by atoms with Crippen LogP contribution in [0.15, 0.2) is 47.9 Å². The number of sulfonamides is 1. The molecular formula is C25H35N5O6S. The van der Waals surface area contributed by atoms with Crippen molar-refractivity contribution in [3.63, 3.8) is 0 Å². The number of amides is 1. The SMILES string of the molecule is Cn1cnc(S(=O)(=O)N2C[C@H](O)COC[C@H]3O[C@@H](CC(=O)N4CCN(c5ccccc5)CC4)CC[C@@H]32)c1. The van der Waals surface area contributed by atoms with Crippen molar-refractivity contribution in [3.05, 3.63) is 42.9 Å². The molecule has 3 saturated heterocycles. The van der Waals surface area contributed by atoms with Crippen molar-refractivity contribution in [2.45, 2.75) is 48.6 Å². The number of ether oxygens (including phenoxy) is 2. The number of imidazole rings is 1. The van der Waals surface area contributed by atoms with Gasteiger partial charge in [-0.25, -0.2) is 13.4 Å². The fourth-order valence-corrected chi connectivity index (χ4v) is 7.08. The first-order valence-electron chi connectivity index (χ1n) is 12.8. The van der Waals surface area contributed by atoms with Crippen LogP contribution in [-0.4, -0.2) is 108 Å². The average molecular weight is 534 g/mol. The smallest absolute Gasteiger partial charge is 0.262 e. The lowest BCUT2D eigenvalue weighted by Gasteiger charge is -2.43. The molecule has 202 valence electrons. The lowest BCUT2D eigenvalue weighted by atomic mass is 9.96. The number of carbonyl (C=O) groups excluding carboxylic acids is 1. The summed E-state index contributed by atoms with van der Waals surface area (Å²) in [5.41, 5.74) is 1.16. The highest BCUT2D eigenvalue weighted by Gasteiger charge is 2.44. The number of hydrogen-bond donors (Lipinski definition) is 1. The van der Waals surface area contributed by atoms with Crippen molar-refractivity contribution in [2.75, 3.05) is 50.8 Å². The normalized spacial score (nSPS) is 27.8. The number of hydrogen-bond acceptors (Lipinski definition) is 8. The molecule has 4 heterocycles. The average Bonchev–Trinajstić information content (AvgIpc) is 3.34. The Hall–Kier alpha value is -2.51. The predicted octanol–water partition coefficient (Wildman–Crippen LogP) is 0.457. The van der Waals surface area contributed by atoms with Gasteiger partial charge in [-0.1, -0.05) is 18.2 Å². The summed E-state index contributed by atoms with van der Waals surface area (Å²) in [5.74, 6) is 0.0521. The highest BCUT2D eigenvalue weighted by Crippen LogP contribution is 2.31. The van der Waals surface area contributed by atoms with Crippen molar-refractivity contribution in [1.82, 2.24) is 18.8 Å². The zero-order valence-electron chi connectivity index (χ0n) is 21.1. The molecule has 5 rings (SSSR count). The number of aliphatic hydroxyl groups is 1. The van der Waals surface area contributed by atoms with Crippen LogP contribution in [0.3, 0.4) is 0 Å². The summed E-state index contributed by atoms with van der Waals surface area (Å²) in [6, 6.07) is 9.68. The molecular weight excluding hydrogens is 498 g/mol. The number of anilines is 1. The minimum atomic E-state index is -3.94. The Morgan fingerprint density at radius 3 is 2.57 bits per heavy atom. The largest absolute Gasteiger partial charge is 0.389 e. The van der Waals surface area contributed by atoms with Gasteiger partial charge in [0.25, 0.3) is 10.0 Å². The van der Waals surface area contributed by atoms with Crippen LogP contribution in [0.1, 0.15) is 19.3 Å². The lowest BCUT2D eigenvalue weighted by Crippen LogP contribution is -2.57. The van der Waals surface area contributed by atoms with E-state index in [4.69, 9.17) is 9.47 Å². The quantitative estimate of drug-likeness (QED) is 0.589. The lowest BCUT2D eigenvalue weighted by molar-refractivity contribution is -0.151. The van der Waals surface area contributed by atoms with Gasteiger partial charge in [0.2, 0.25) is 5.91 Å². The van der Waals surface area contributed by atoms with Crippen molar-refractivity contribution < 1.29 is 27.8 Å². The molecule has 1 aromatic heterocycles. The van der Waals surface area contributed by atoms with Crippen molar-refractivity contribution >= 4 is 21.6 Å². The van der Waals surface area contributed by atoms with Gasteiger partial charge in [0.15, 0.2) is 5.03 Å². The van der Waals surface area contributed by atoms with Crippen LogP contribution in [0.4, 0.5) is 5.69 Å². The van der Waals surface area contributed by atoms with Crippen LogP contribution >= 0.6 is 0 Å². The molecule has 3 aliphatic heterocycles. The first-order chi connectivity index (χ1) is 17.8. The van der Waals surface area contributed by atoms with Crippen molar-refractivity contribution in [2.24, 2.45) is 7.05 Å². The van der Waals surface area contributed by atoms with Gasteiger partial charge in [0.05, 0.1) is 50.3 Å². The van der Waals surface area contributed by atoms with Crippen LogP contribution in [0, 0.1) is 0 Å². The number of para-hydroxylation sites is 1. The second kappa shape index (κ2) is 11.1. The van der Waals surface area contributed by atoms with Gasteiger partial charge < -0.3 is 28.9 Å². The van der Waals surface area contributed by atoms with Crippen LogP contribution in [-0.2, 0) is 31.3 Å². The highest BCUT2D eigenvalue weighted by atomic mass is 32.2. The molecule has 0 unspecified atom stereocenters. The van der Waals surface area contributed by atoms with Gasteiger partial charge in [-0.05, 0) is 25.0 Å². The number of nitrogens with zero attached hydrogens (tertiary/aromatic N) is 5. The van der Waals surface area contributed by atoms with Crippen LogP contribution in [0.5, 0.6) is 0 Å². The summed E-state index contributed by atoms with van der Waals surface area (Å²) in [5, 5.41) is 10.3. The Balaban J connectivity index is 1.21. The maximum Gasteiger partial charge on any atom is 0.262 e. The fourth-order valence-electron chi connectivity index (χ4n) is 5.39. The van der Waals surface area contributed by atoms with Gasteiger partial charge in [-0.15, -0.1) is 0 Å². The molecule has 0 spiro atoms. The third-order valence-electron chi connectivity index (χ3n) is 7.34. The van der Waals surface area contributed by atoms with Gasteiger partial charge in [0.1, 0.15) is 0 Å². The van der Waals surface area contributed by atoms with E-state index in [1.165, 1.54) is 16.8 Å². The third-order valence-corrected chi connectivity index (χ3v) is 9.12. The Morgan fingerprint density at radius 1 is 1.11 bits per heavy atom. The van der Waals surface area contributed by atoms with E-state index in [0.29, 0.717) is 25.9 Å². The minimum Gasteiger partial charge on any atom is -0.389 e. The number of aliphatic hydroxyl groups excluding tert-OH is 1. The van der Waals surface area contributed by atoms with Gasteiger partial charge >= 0.3 is 0 Å². The standard InChI is InChI=1S/C25H35N5O6S/c1-27-15-24(26-18-27)37(33,34)30-14-20(31)16-35-17-23-22(30)8-7-21(36-23)13-25(32)29-11-9-28(10-12-29)19-5-3-2-4-6-19/h2-6,15,18,20-23,31H,7-14,16-17H2,1H3/t20-,21+,22-,23+/m0/s1.